The highest BCUT2D eigenvalue weighted by atomic mass is 32.1. The molecule has 2 aromatic rings. The molecule has 0 bridgehead atoms. The average Bonchev–Trinajstić information content (AvgIpc) is 3.18. The third-order valence-electron chi connectivity index (χ3n) is 3.21. The smallest absolute Gasteiger partial charge is 0.323 e. The lowest BCUT2D eigenvalue weighted by Gasteiger charge is -2.21. The van der Waals surface area contributed by atoms with E-state index in [1.807, 2.05) is 6.92 Å². The molecular formula is C14H19N5OS. The number of anilines is 2. The van der Waals surface area contributed by atoms with Crippen LogP contribution >= 0.6 is 11.3 Å². The Morgan fingerprint density at radius 1 is 1.38 bits per heavy atom. The summed E-state index contributed by atoms with van der Waals surface area (Å²) < 4.78 is 5.50. The average molecular weight is 305 g/mol. The normalized spacial score (nSPS) is 14.1. The molecule has 3 rings (SSSR count). The summed E-state index contributed by atoms with van der Waals surface area (Å²) in [7, 11) is 0. The molecule has 0 aromatic carbocycles. The van der Waals surface area contributed by atoms with Gasteiger partial charge < -0.3 is 15.4 Å². The lowest BCUT2D eigenvalue weighted by atomic mass is 10.4. The molecule has 1 fully saturated rings. The van der Waals surface area contributed by atoms with Crippen molar-refractivity contribution in [1.82, 2.24) is 15.0 Å². The number of nitrogens with two attached hydrogens (primary N) is 1. The van der Waals surface area contributed by atoms with Crippen molar-refractivity contribution in [1.29, 1.82) is 0 Å². The Balaban J connectivity index is 1.82. The lowest BCUT2D eigenvalue weighted by molar-refractivity contribution is 0.292. The molecule has 0 atom stereocenters. The number of hydrogen-bond donors (Lipinski definition) is 1. The summed E-state index contributed by atoms with van der Waals surface area (Å²) in [5.74, 6) is 0.826. The van der Waals surface area contributed by atoms with Crippen LogP contribution in [0.25, 0.3) is 0 Å². The van der Waals surface area contributed by atoms with Gasteiger partial charge in [-0.25, -0.2) is 0 Å². The number of ether oxygens (including phenoxy) is 1. The molecule has 1 aliphatic carbocycles. The topological polar surface area (TPSA) is 77.2 Å². The van der Waals surface area contributed by atoms with Crippen molar-refractivity contribution < 1.29 is 4.74 Å². The summed E-state index contributed by atoms with van der Waals surface area (Å²) in [5.41, 5.74) is 5.80. The van der Waals surface area contributed by atoms with E-state index in [1.54, 1.807) is 11.3 Å². The Kier molecular flexibility index (Phi) is 4.19. The molecule has 0 radical (unpaired) electrons. The predicted octanol–water partition coefficient (Wildman–Crippen LogP) is 2.47. The fourth-order valence-electron chi connectivity index (χ4n) is 2.07. The third kappa shape index (κ3) is 3.60. The van der Waals surface area contributed by atoms with Gasteiger partial charge in [0.2, 0.25) is 11.9 Å². The van der Waals surface area contributed by atoms with Gasteiger partial charge in [0.1, 0.15) is 0 Å². The maximum absolute atomic E-state index is 5.80. The molecule has 2 heterocycles. The maximum atomic E-state index is 5.80. The minimum absolute atomic E-state index is 0.211. The second kappa shape index (κ2) is 6.26. The molecule has 2 aromatic heterocycles. The van der Waals surface area contributed by atoms with Gasteiger partial charge in [-0.1, -0.05) is 13.0 Å². The molecule has 112 valence electrons. The first-order chi connectivity index (χ1) is 10.3. The Bertz CT molecular complexity index is 585. The van der Waals surface area contributed by atoms with Gasteiger partial charge in [0.25, 0.3) is 0 Å². The van der Waals surface area contributed by atoms with Crippen LogP contribution in [0.2, 0.25) is 0 Å². The standard InChI is InChI=1S/C14H19N5OS/c1-2-7-20-14-17-12(15)16-13(18-14)19(10-5-6-10)9-11-4-3-8-21-11/h3-4,8,10H,2,5-7,9H2,1H3,(H2,15,16,17,18). The first-order valence-corrected chi connectivity index (χ1v) is 8.07. The largest absolute Gasteiger partial charge is 0.463 e. The molecule has 1 aliphatic rings. The van der Waals surface area contributed by atoms with Gasteiger partial charge >= 0.3 is 6.01 Å². The van der Waals surface area contributed by atoms with Gasteiger partial charge in [0, 0.05) is 10.9 Å². The number of thiophene rings is 1. The van der Waals surface area contributed by atoms with Crippen LogP contribution < -0.4 is 15.4 Å². The molecule has 6 nitrogen and oxygen atoms in total. The molecule has 0 amide bonds. The van der Waals surface area contributed by atoms with E-state index in [-0.39, 0.29) is 5.95 Å². The third-order valence-corrected chi connectivity index (χ3v) is 4.07. The van der Waals surface area contributed by atoms with Crippen LogP contribution in [0.4, 0.5) is 11.9 Å². The quantitative estimate of drug-likeness (QED) is 0.846. The highest BCUT2D eigenvalue weighted by Crippen LogP contribution is 2.32. The van der Waals surface area contributed by atoms with Crippen molar-refractivity contribution in [3.05, 3.63) is 22.4 Å². The van der Waals surface area contributed by atoms with E-state index in [0.717, 1.165) is 13.0 Å². The zero-order chi connectivity index (χ0) is 14.7. The molecule has 0 aliphatic heterocycles. The van der Waals surface area contributed by atoms with Crippen LogP contribution in [-0.4, -0.2) is 27.6 Å². The number of nitrogen functional groups attached to an aromatic ring is 1. The van der Waals surface area contributed by atoms with Crippen molar-refractivity contribution in [2.24, 2.45) is 0 Å². The highest BCUT2D eigenvalue weighted by Gasteiger charge is 2.31. The minimum Gasteiger partial charge on any atom is -0.463 e. The molecule has 0 unspecified atom stereocenters. The second-order valence-corrected chi connectivity index (χ2v) is 6.10. The van der Waals surface area contributed by atoms with Gasteiger partial charge in [-0.2, -0.15) is 15.0 Å². The van der Waals surface area contributed by atoms with E-state index in [0.29, 0.717) is 24.6 Å². The fraction of sp³-hybridized carbons (Fsp3) is 0.500. The number of nitrogens with zero attached hydrogens (tertiary/aromatic N) is 4. The van der Waals surface area contributed by atoms with Gasteiger partial charge in [-0.05, 0) is 30.7 Å². The van der Waals surface area contributed by atoms with Crippen LogP contribution in [0.5, 0.6) is 6.01 Å². The summed E-state index contributed by atoms with van der Waals surface area (Å²) >= 11 is 1.74. The van der Waals surface area contributed by atoms with Crippen molar-refractivity contribution >= 4 is 23.2 Å². The molecular weight excluding hydrogens is 286 g/mol. The van der Waals surface area contributed by atoms with Crippen molar-refractivity contribution in [3.8, 4) is 6.01 Å². The number of aromatic nitrogens is 3. The van der Waals surface area contributed by atoms with Crippen LogP contribution in [-0.2, 0) is 6.54 Å². The van der Waals surface area contributed by atoms with Gasteiger partial charge in [-0.15, -0.1) is 11.3 Å². The Labute approximate surface area is 128 Å². The number of rotatable bonds is 7. The number of hydrogen-bond acceptors (Lipinski definition) is 7. The van der Waals surface area contributed by atoms with E-state index in [4.69, 9.17) is 10.5 Å². The fourth-order valence-corrected chi connectivity index (χ4v) is 2.77. The van der Waals surface area contributed by atoms with Crippen molar-refractivity contribution in [2.45, 2.75) is 38.8 Å². The zero-order valence-corrected chi connectivity index (χ0v) is 12.8. The summed E-state index contributed by atoms with van der Waals surface area (Å²) in [6.07, 6.45) is 3.24. The van der Waals surface area contributed by atoms with Crippen LogP contribution in [0.15, 0.2) is 17.5 Å². The first kappa shape index (κ1) is 14.1. The summed E-state index contributed by atoms with van der Waals surface area (Å²) in [6, 6.07) is 4.99. The molecule has 7 heteroatoms. The molecule has 0 saturated heterocycles. The van der Waals surface area contributed by atoms with Crippen LogP contribution in [0.1, 0.15) is 31.1 Å². The Morgan fingerprint density at radius 2 is 2.24 bits per heavy atom. The van der Waals surface area contributed by atoms with E-state index < -0.39 is 0 Å². The maximum Gasteiger partial charge on any atom is 0.323 e. The molecule has 21 heavy (non-hydrogen) atoms. The minimum atomic E-state index is 0.211. The summed E-state index contributed by atoms with van der Waals surface area (Å²) in [5, 5.41) is 2.08. The summed E-state index contributed by atoms with van der Waals surface area (Å²) in [4.78, 5) is 16.2. The van der Waals surface area contributed by atoms with Gasteiger partial charge in [0.15, 0.2) is 0 Å². The first-order valence-electron chi connectivity index (χ1n) is 7.19. The highest BCUT2D eigenvalue weighted by molar-refractivity contribution is 7.09. The zero-order valence-electron chi connectivity index (χ0n) is 12.0. The monoisotopic (exact) mass is 305 g/mol. The second-order valence-electron chi connectivity index (χ2n) is 5.06. The SMILES string of the molecule is CCCOc1nc(N)nc(N(Cc2cccs2)C2CC2)n1. The van der Waals surface area contributed by atoms with E-state index in [1.165, 1.54) is 17.7 Å². The molecule has 1 saturated carbocycles. The molecule has 0 spiro atoms. The molecule has 2 N–H and O–H groups in total. The van der Waals surface area contributed by atoms with Crippen LogP contribution in [0.3, 0.4) is 0 Å². The summed E-state index contributed by atoms with van der Waals surface area (Å²) in [6.45, 7) is 3.43. The van der Waals surface area contributed by atoms with Crippen molar-refractivity contribution in [2.75, 3.05) is 17.2 Å². The lowest BCUT2D eigenvalue weighted by Crippen LogP contribution is -2.27. The van der Waals surface area contributed by atoms with Gasteiger partial charge in [0.05, 0.1) is 13.2 Å². The Morgan fingerprint density at radius 3 is 2.90 bits per heavy atom. The van der Waals surface area contributed by atoms with E-state index in [9.17, 15) is 0 Å². The van der Waals surface area contributed by atoms with E-state index >= 15 is 0 Å². The van der Waals surface area contributed by atoms with Crippen LogP contribution in [0, 0.1) is 0 Å². The predicted molar refractivity (Wildman–Crippen MR) is 83.5 cm³/mol. The van der Waals surface area contributed by atoms with Crippen molar-refractivity contribution in [3.63, 3.8) is 0 Å². The van der Waals surface area contributed by atoms with Gasteiger partial charge in [-0.3, -0.25) is 0 Å². The van der Waals surface area contributed by atoms with E-state index in [2.05, 4.69) is 37.4 Å². The Hall–Kier alpha value is -1.89.